The van der Waals surface area contributed by atoms with Gasteiger partial charge in [-0.25, -0.2) is 0 Å². The van der Waals surface area contributed by atoms with Gasteiger partial charge in [0, 0.05) is 0 Å². The summed E-state index contributed by atoms with van der Waals surface area (Å²) in [6.07, 6.45) is 7.50. The fourth-order valence-electron chi connectivity index (χ4n) is 1.66. The molecule has 2 heteroatoms. The highest BCUT2D eigenvalue weighted by molar-refractivity contribution is 4.81. The third kappa shape index (κ3) is 3.33. The number of hydrogen-bond donors (Lipinski definition) is 0. The van der Waals surface area contributed by atoms with Crippen molar-refractivity contribution in [1.29, 1.82) is 0 Å². The molecule has 2 nitrogen and oxygen atoms in total. The van der Waals surface area contributed by atoms with Gasteiger partial charge in [0.1, 0.15) is 0 Å². The Kier molecular flexibility index (Phi) is 4.79. The lowest BCUT2D eigenvalue weighted by atomic mass is 10.2. The summed E-state index contributed by atoms with van der Waals surface area (Å²) < 4.78 is 11.2. The summed E-state index contributed by atoms with van der Waals surface area (Å²) in [5.74, 6) is 0. The van der Waals surface area contributed by atoms with Crippen LogP contribution in [0.15, 0.2) is 25.3 Å². The molecule has 0 aromatic heterocycles. The van der Waals surface area contributed by atoms with Gasteiger partial charge in [-0.05, 0) is 19.3 Å². The van der Waals surface area contributed by atoms with Gasteiger partial charge in [-0.2, -0.15) is 0 Å². The van der Waals surface area contributed by atoms with Crippen LogP contribution in [0.25, 0.3) is 0 Å². The fourth-order valence-corrected chi connectivity index (χ4v) is 1.66. The highest BCUT2D eigenvalue weighted by Crippen LogP contribution is 2.24. The maximum atomic E-state index is 5.58. The van der Waals surface area contributed by atoms with Crippen LogP contribution in [0.1, 0.15) is 19.3 Å². The highest BCUT2D eigenvalue weighted by atomic mass is 16.5. The SMILES string of the molecule is C=CCOC1CCCC1OCC=C. The average molecular weight is 182 g/mol. The molecule has 0 radical (unpaired) electrons. The van der Waals surface area contributed by atoms with Crippen LogP contribution in [0.4, 0.5) is 0 Å². The summed E-state index contributed by atoms with van der Waals surface area (Å²) in [6, 6.07) is 0. The molecule has 1 rings (SSSR count). The zero-order valence-corrected chi connectivity index (χ0v) is 8.08. The highest BCUT2D eigenvalue weighted by Gasteiger charge is 2.27. The second-order valence-corrected chi connectivity index (χ2v) is 3.25. The molecule has 1 saturated carbocycles. The third-order valence-electron chi connectivity index (χ3n) is 2.25. The minimum atomic E-state index is 0.262. The van der Waals surface area contributed by atoms with Gasteiger partial charge in [-0.15, -0.1) is 13.2 Å². The summed E-state index contributed by atoms with van der Waals surface area (Å²) in [6.45, 7) is 8.50. The van der Waals surface area contributed by atoms with Gasteiger partial charge in [-0.1, -0.05) is 12.2 Å². The molecule has 2 unspecified atom stereocenters. The van der Waals surface area contributed by atoms with E-state index in [9.17, 15) is 0 Å². The van der Waals surface area contributed by atoms with E-state index in [2.05, 4.69) is 13.2 Å². The van der Waals surface area contributed by atoms with Gasteiger partial charge >= 0.3 is 0 Å². The van der Waals surface area contributed by atoms with Gasteiger partial charge < -0.3 is 9.47 Å². The molecule has 0 spiro atoms. The first-order valence-electron chi connectivity index (χ1n) is 4.83. The first-order valence-corrected chi connectivity index (χ1v) is 4.83. The zero-order chi connectivity index (χ0) is 9.52. The van der Waals surface area contributed by atoms with E-state index >= 15 is 0 Å². The van der Waals surface area contributed by atoms with Crippen LogP contribution >= 0.6 is 0 Å². The number of ether oxygens (including phenoxy) is 2. The molecule has 0 aromatic carbocycles. The molecule has 0 heterocycles. The molecule has 0 N–H and O–H groups in total. The Balaban J connectivity index is 2.25. The number of hydrogen-bond acceptors (Lipinski definition) is 2. The Bertz CT molecular complexity index is 147. The van der Waals surface area contributed by atoms with Gasteiger partial charge in [0.15, 0.2) is 0 Å². The van der Waals surface area contributed by atoms with E-state index in [1.165, 1.54) is 6.42 Å². The Morgan fingerprint density at radius 1 is 1.00 bits per heavy atom. The van der Waals surface area contributed by atoms with E-state index in [1.54, 1.807) is 12.2 Å². The first-order chi connectivity index (χ1) is 6.38. The molecule has 0 amide bonds. The van der Waals surface area contributed by atoms with Crippen molar-refractivity contribution in [2.45, 2.75) is 31.5 Å². The van der Waals surface area contributed by atoms with Crippen molar-refractivity contribution >= 4 is 0 Å². The minimum absolute atomic E-state index is 0.262. The van der Waals surface area contributed by atoms with Crippen LogP contribution in [-0.4, -0.2) is 25.4 Å². The fraction of sp³-hybridized carbons (Fsp3) is 0.636. The van der Waals surface area contributed by atoms with Gasteiger partial charge in [0.2, 0.25) is 0 Å². The Hall–Kier alpha value is -0.600. The van der Waals surface area contributed by atoms with E-state index in [-0.39, 0.29) is 12.2 Å². The Morgan fingerprint density at radius 3 is 1.85 bits per heavy atom. The molecular weight excluding hydrogens is 164 g/mol. The minimum Gasteiger partial charge on any atom is -0.371 e. The van der Waals surface area contributed by atoms with Crippen molar-refractivity contribution in [3.8, 4) is 0 Å². The summed E-state index contributed by atoms with van der Waals surface area (Å²) in [5.41, 5.74) is 0. The van der Waals surface area contributed by atoms with Crippen LogP contribution in [0.2, 0.25) is 0 Å². The molecule has 1 aliphatic rings. The molecule has 0 aliphatic heterocycles. The maximum Gasteiger partial charge on any atom is 0.0841 e. The van der Waals surface area contributed by atoms with E-state index in [1.807, 2.05) is 0 Å². The number of rotatable bonds is 6. The predicted octanol–water partition coefficient (Wildman–Crippen LogP) is 2.31. The zero-order valence-electron chi connectivity index (χ0n) is 8.08. The van der Waals surface area contributed by atoms with Crippen LogP contribution in [-0.2, 0) is 9.47 Å². The van der Waals surface area contributed by atoms with Crippen molar-refractivity contribution in [2.24, 2.45) is 0 Å². The summed E-state index contributed by atoms with van der Waals surface area (Å²) >= 11 is 0. The van der Waals surface area contributed by atoms with Crippen LogP contribution in [0.5, 0.6) is 0 Å². The second kappa shape index (κ2) is 5.95. The van der Waals surface area contributed by atoms with E-state index in [4.69, 9.17) is 9.47 Å². The van der Waals surface area contributed by atoms with Crippen molar-refractivity contribution in [2.75, 3.05) is 13.2 Å². The third-order valence-corrected chi connectivity index (χ3v) is 2.25. The van der Waals surface area contributed by atoms with E-state index in [0.29, 0.717) is 13.2 Å². The van der Waals surface area contributed by atoms with Gasteiger partial charge in [0.05, 0.1) is 25.4 Å². The molecular formula is C11H18O2. The lowest BCUT2D eigenvalue weighted by Gasteiger charge is -2.19. The van der Waals surface area contributed by atoms with E-state index in [0.717, 1.165) is 12.8 Å². The Labute approximate surface area is 80.2 Å². The lowest BCUT2D eigenvalue weighted by Crippen LogP contribution is -2.26. The largest absolute Gasteiger partial charge is 0.371 e. The summed E-state index contributed by atoms with van der Waals surface area (Å²) in [5, 5.41) is 0. The molecule has 74 valence electrons. The summed E-state index contributed by atoms with van der Waals surface area (Å²) in [4.78, 5) is 0. The molecule has 1 aliphatic carbocycles. The topological polar surface area (TPSA) is 18.5 Å². The standard InChI is InChI=1S/C11H18O2/c1-3-8-12-10-6-5-7-11(10)13-9-4-2/h3-4,10-11H,1-2,5-9H2. The average Bonchev–Trinajstić information content (AvgIpc) is 2.59. The quantitative estimate of drug-likeness (QED) is 0.587. The van der Waals surface area contributed by atoms with Crippen molar-refractivity contribution in [3.05, 3.63) is 25.3 Å². The maximum absolute atomic E-state index is 5.58. The smallest absolute Gasteiger partial charge is 0.0841 e. The van der Waals surface area contributed by atoms with Gasteiger partial charge in [0.25, 0.3) is 0 Å². The van der Waals surface area contributed by atoms with Crippen molar-refractivity contribution in [3.63, 3.8) is 0 Å². The molecule has 2 atom stereocenters. The van der Waals surface area contributed by atoms with E-state index < -0.39 is 0 Å². The molecule has 1 fully saturated rings. The first kappa shape index (κ1) is 10.5. The molecule has 0 aromatic rings. The molecule has 13 heavy (non-hydrogen) atoms. The summed E-state index contributed by atoms with van der Waals surface area (Å²) in [7, 11) is 0. The van der Waals surface area contributed by atoms with Crippen LogP contribution in [0, 0.1) is 0 Å². The second-order valence-electron chi connectivity index (χ2n) is 3.25. The van der Waals surface area contributed by atoms with Crippen LogP contribution in [0.3, 0.4) is 0 Å². The van der Waals surface area contributed by atoms with Crippen molar-refractivity contribution < 1.29 is 9.47 Å². The molecule has 0 bridgehead atoms. The van der Waals surface area contributed by atoms with Crippen LogP contribution < -0.4 is 0 Å². The predicted molar refractivity (Wildman–Crippen MR) is 53.7 cm³/mol. The van der Waals surface area contributed by atoms with Crippen molar-refractivity contribution in [1.82, 2.24) is 0 Å². The normalized spacial score (nSPS) is 27.4. The molecule has 0 saturated heterocycles. The van der Waals surface area contributed by atoms with Gasteiger partial charge in [-0.3, -0.25) is 0 Å². The lowest BCUT2D eigenvalue weighted by molar-refractivity contribution is -0.0396. The monoisotopic (exact) mass is 182 g/mol. The Morgan fingerprint density at radius 2 is 1.46 bits per heavy atom.